The van der Waals surface area contributed by atoms with Gasteiger partial charge < -0.3 is 15.0 Å². The second kappa shape index (κ2) is 11.0. The van der Waals surface area contributed by atoms with E-state index in [2.05, 4.69) is 56.5 Å². The van der Waals surface area contributed by atoms with E-state index >= 15 is 0 Å². The molecule has 1 saturated heterocycles. The molecule has 1 aliphatic rings. The summed E-state index contributed by atoms with van der Waals surface area (Å²) in [7, 11) is 0. The Kier molecular flexibility index (Phi) is 8.02. The van der Waals surface area contributed by atoms with Crippen molar-refractivity contribution in [3.63, 3.8) is 0 Å². The Labute approximate surface area is 167 Å². The minimum absolute atomic E-state index is 0.746. The highest BCUT2D eigenvalue weighted by molar-refractivity contribution is 7.80. The number of hydrogen-bond donors (Lipinski definition) is 1. The van der Waals surface area contributed by atoms with Crippen molar-refractivity contribution in [2.24, 2.45) is 0 Å². The van der Waals surface area contributed by atoms with E-state index in [1.165, 1.54) is 11.1 Å². The first-order valence-electron chi connectivity index (χ1n) is 9.57. The molecule has 2 aromatic rings. The fourth-order valence-corrected chi connectivity index (χ4v) is 3.38. The average Bonchev–Trinajstić information content (AvgIpc) is 2.73. The smallest absolute Gasteiger partial charge is 0.169 e. The third-order valence-corrected chi connectivity index (χ3v) is 5.11. The van der Waals surface area contributed by atoms with Gasteiger partial charge in [0.25, 0.3) is 0 Å². The number of ether oxygens (including phenoxy) is 1. The molecule has 1 aromatic carbocycles. The van der Waals surface area contributed by atoms with Gasteiger partial charge in [0, 0.05) is 51.7 Å². The van der Waals surface area contributed by atoms with Crippen LogP contribution in [0.25, 0.3) is 0 Å². The monoisotopic (exact) mass is 384 g/mol. The molecule has 6 heteroatoms. The van der Waals surface area contributed by atoms with Crippen molar-refractivity contribution in [2.75, 3.05) is 39.4 Å². The first-order valence-corrected chi connectivity index (χ1v) is 9.98. The van der Waals surface area contributed by atoms with Crippen LogP contribution in [0, 0.1) is 0 Å². The number of rotatable bonds is 8. The summed E-state index contributed by atoms with van der Waals surface area (Å²) in [4.78, 5) is 8.84. The summed E-state index contributed by atoms with van der Waals surface area (Å²) in [5, 5.41) is 4.22. The van der Waals surface area contributed by atoms with E-state index in [0.29, 0.717) is 0 Å². The summed E-state index contributed by atoms with van der Waals surface area (Å²) in [5.41, 5.74) is 2.46. The molecule has 1 aromatic heterocycles. The highest BCUT2D eigenvalue weighted by Crippen LogP contribution is 2.07. The zero-order valence-electron chi connectivity index (χ0n) is 15.7. The van der Waals surface area contributed by atoms with Gasteiger partial charge in [0.2, 0.25) is 0 Å². The Hall–Kier alpha value is -2.02. The maximum atomic E-state index is 5.71. The molecule has 3 rings (SSSR count). The molecule has 0 amide bonds. The van der Waals surface area contributed by atoms with Crippen molar-refractivity contribution in [1.82, 2.24) is 20.1 Å². The summed E-state index contributed by atoms with van der Waals surface area (Å²) in [6.07, 6.45) is 4.75. The molecular weight excluding hydrogens is 356 g/mol. The lowest BCUT2D eigenvalue weighted by Gasteiger charge is -2.29. The molecular formula is C21H28N4OS. The molecule has 0 bridgehead atoms. The van der Waals surface area contributed by atoms with Crippen molar-refractivity contribution in [3.05, 3.63) is 66.0 Å². The van der Waals surface area contributed by atoms with E-state index in [0.717, 1.165) is 64.0 Å². The Morgan fingerprint density at radius 3 is 2.56 bits per heavy atom. The Morgan fingerprint density at radius 1 is 1.07 bits per heavy atom. The third kappa shape index (κ3) is 6.90. The van der Waals surface area contributed by atoms with Gasteiger partial charge in [0.1, 0.15) is 0 Å². The van der Waals surface area contributed by atoms with Crippen LogP contribution in [0.4, 0.5) is 0 Å². The summed E-state index contributed by atoms with van der Waals surface area (Å²) < 4.78 is 5.43. The van der Waals surface area contributed by atoms with Crippen LogP contribution in [0.15, 0.2) is 54.9 Å². The van der Waals surface area contributed by atoms with Gasteiger partial charge in [0.05, 0.1) is 13.2 Å². The lowest BCUT2D eigenvalue weighted by molar-refractivity contribution is 0.0367. The molecule has 1 aliphatic heterocycles. The molecule has 0 spiro atoms. The minimum atomic E-state index is 0.746. The number of pyridine rings is 1. The van der Waals surface area contributed by atoms with Gasteiger partial charge in [-0.1, -0.05) is 30.3 Å². The minimum Gasteiger partial charge on any atom is -0.379 e. The SMILES string of the molecule is S=C(NCc1ccccc1)N(CCCN1CCOCC1)Cc1ccncc1. The van der Waals surface area contributed by atoms with Crippen LogP contribution in [-0.4, -0.2) is 59.3 Å². The number of nitrogens with one attached hydrogen (secondary N) is 1. The zero-order valence-corrected chi connectivity index (χ0v) is 16.5. The Morgan fingerprint density at radius 2 is 1.81 bits per heavy atom. The molecule has 0 saturated carbocycles. The highest BCUT2D eigenvalue weighted by atomic mass is 32.1. The molecule has 0 aliphatic carbocycles. The van der Waals surface area contributed by atoms with Crippen molar-refractivity contribution in [1.29, 1.82) is 0 Å². The molecule has 0 radical (unpaired) electrons. The van der Waals surface area contributed by atoms with E-state index in [9.17, 15) is 0 Å². The maximum absolute atomic E-state index is 5.71. The van der Waals surface area contributed by atoms with Crippen LogP contribution in [0.5, 0.6) is 0 Å². The predicted molar refractivity (Wildman–Crippen MR) is 112 cm³/mol. The van der Waals surface area contributed by atoms with E-state index in [4.69, 9.17) is 17.0 Å². The summed E-state index contributed by atoms with van der Waals surface area (Å²) in [6, 6.07) is 14.5. The van der Waals surface area contributed by atoms with Crippen LogP contribution in [0.3, 0.4) is 0 Å². The Bertz CT molecular complexity index is 677. The first-order chi connectivity index (χ1) is 13.3. The lowest BCUT2D eigenvalue weighted by Crippen LogP contribution is -2.42. The van der Waals surface area contributed by atoms with Gasteiger partial charge in [-0.05, 0) is 41.9 Å². The summed E-state index contributed by atoms with van der Waals surface area (Å²) in [6.45, 7) is 7.30. The molecule has 0 atom stereocenters. The van der Waals surface area contributed by atoms with Crippen molar-refractivity contribution < 1.29 is 4.74 Å². The van der Waals surface area contributed by atoms with Gasteiger partial charge in [-0.2, -0.15) is 0 Å². The zero-order chi connectivity index (χ0) is 18.7. The van der Waals surface area contributed by atoms with Gasteiger partial charge in [-0.3, -0.25) is 9.88 Å². The topological polar surface area (TPSA) is 40.6 Å². The van der Waals surface area contributed by atoms with Crippen molar-refractivity contribution in [3.8, 4) is 0 Å². The molecule has 2 heterocycles. The second-order valence-corrected chi connectivity index (χ2v) is 7.12. The van der Waals surface area contributed by atoms with Crippen LogP contribution in [-0.2, 0) is 17.8 Å². The maximum Gasteiger partial charge on any atom is 0.169 e. The molecule has 144 valence electrons. The van der Waals surface area contributed by atoms with Crippen LogP contribution >= 0.6 is 12.2 Å². The van der Waals surface area contributed by atoms with Gasteiger partial charge >= 0.3 is 0 Å². The fraction of sp³-hybridized carbons (Fsp3) is 0.429. The van der Waals surface area contributed by atoms with Crippen LogP contribution in [0.1, 0.15) is 17.5 Å². The number of aromatic nitrogens is 1. The quantitative estimate of drug-likeness (QED) is 0.706. The highest BCUT2D eigenvalue weighted by Gasteiger charge is 2.13. The number of nitrogens with zero attached hydrogens (tertiary/aromatic N) is 3. The fourth-order valence-electron chi connectivity index (χ4n) is 3.16. The first kappa shape index (κ1) is 19.7. The van der Waals surface area contributed by atoms with E-state index < -0.39 is 0 Å². The van der Waals surface area contributed by atoms with E-state index in [-0.39, 0.29) is 0 Å². The van der Waals surface area contributed by atoms with E-state index in [1.807, 2.05) is 18.5 Å². The number of thiocarbonyl (C=S) groups is 1. The van der Waals surface area contributed by atoms with Crippen LogP contribution in [0.2, 0.25) is 0 Å². The summed E-state index contributed by atoms with van der Waals surface area (Å²) >= 11 is 5.71. The molecule has 5 nitrogen and oxygen atoms in total. The third-order valence-electron chi connectivity index (χ3n) is 4.70. The van der Waals surface area contributed by atoms with Crippen molar-refractivity contribution >= 4 is 17.3 Å². The number of benzene rings is 1. The number of hydrogen-bond acceptors (Lipinski definition) is 4. The van der Waals surface area contributed by atoms with Gasteiger partial charge in [-0.25, -0.2) is 0 Å². The standard InChI is InChI=1S/C21H28N4OS/c27-21(23-17-19-5-2-1-3-6-19)25(18-20-7-9-22-10-8-20)12-4-11-24-13-15-26-16-14-24/h1-3,5-10H,4,11-18H2,(H,23,27). The second-order valence-electron chi connectivity index (χ2n) is 6.73. The van der Waals surface area contributed by atoms with Gasteiger partial charge in [-0.15, -0.1) is 0 Å². The van der Waals surface area contributed by atoms with Gasteiger partial charge in [0.15, 0.2) is 5.11 Å². The van der Waals surface area contributed by atoms with E-state index in [1.54, 1.807) is 0 Å². The average molecular weight is 385 g/mol. The molecule has 27 heavy (non-hydrogen) atoms. The molecule has 1 fully saturated rings. The largest absolute Gasteiger partial charge is 0.379 e. The lowest BCUT2D eigenvalue weighted by atomic mass is 10.2. The normalized spacial score (nSPS) is 14.7. The molecule has 0 unspecified atom stereocenters. The van der Waals surface area contributed by atoms with Crippen molar-refractivity contribution in [2.45, 2.75) is 19.5 Å². The predicted octanol–water partition coefficient (Wildman–Crippen LogP) is 2.68. The van der Waals surface area contributed by atoms with Crippen LogP contribution < -0.4 is 5.32 Å². The summed E-state index contributed by atoms with van der Waals surface area (Å²) in [5.74, 6) is 0. The number of morpholine rings is 1. The Balaban J connectivity index is 1.53. The molecule has 1 N–H and O–H groups in total.